The van der Waals surface area contributed by atoms with E-state index in [2.05, 4.69) is 10.2 Å². The molecule has 2 heterocycles. The van der Waals surface area contributed by atoms with E-state index in [1.165, 1.54) is 15.2 Å². The first-order valence-electron chi connectivity index (χ1n) is 7.49. The molecule has 0 radical (unpaired) electrons. The lowest BCUT2D eigenvalue weighted by Gasteiger charge is -2.06. The Morgan fingerprint density at radius 1 is 1.28 bits per heavy atom. The van der Waals surface area contributed by atoms with Crippen LogP contribution in [0.1, 0.15) is 18.4 Å². The molecule has 0 saturated heterocycles. The number of rotatable bonds is 5. The molecule has 0 aliphatic heterocycles. The van der Waals surface area contributed by atoms with E-state index in [-0.39, 0.29) is 15.8 Å². The molecule has 130 valence electrons. The second-order valence-corrected chi connectivity index (χ2v) is 6.36. The van der Waals surface area contributed by atoms with Crippen LogP contribution in [0, 0.1) is 0 Å². The maximum atomic E-state index is 12.0. The van der Waals surface area contributed by atoms with Crippen LogP contribution in [-0.2, 0) is 25.3 Å². The molecule has 0 aliphatic carbocycles. The summed E-state index contributed by atoms with van der Waals surface area (Å²) in [6, 6.07) is 5.24. The van der Waals surface area contributed by atoms with Crippen molar-refractivity contribution >= 4 is 34.8 Å². The third-order valence-electron chi connectivity index (χ3n) is 3.74. The molecule has 0 atom stereocenters. The van der Waals surface area contributed by atoms with Gasteiger partial charge < -0.3 is 14.3 Å². The number of hydrogen-bond acceptors (Lipinski definition) is 7. The highest BCUT2D eigenvalue weighted by Crippen LogP contribution is 2.27. The monoisotopic (exact) mass is 359 g/mol. The highest BCUT2D eigenvalue weighted by Gasteiger charge is 2.11. The molecule has 3 aromatic rings. The Kier molecular flexibility index (Phi) is 4.49. The Balaban J connectivity index is 2.00. The summed E-state index contributed by atoms with van der Waals surface area (Å²) in [6.45, 7) is 1.86. The van der Waals surface area contributed by atoms with Gasteiger partial charge in [0.2, 0.25) is 5.89 Å². The van der Waals surface area contributed by atoms with Gasteiger partial charge in [-0.2, -0.15) is 0 Å². The zero-order valence-electron chi connectivity index (χ0n) is 13.8. The topological polar surface area (TPSA) is 106 Å². The molecule has 0 unspecified atom stereocenters. The Hall–Kier alpha value is -2.81. The molecule has 0 bridgehead atoms. The summed E-state index contributed by atoms with van der Waals surface area (Å²) in [7, 11) is 3.35. The maximum absolute atomic E-state index is 12.0. The summed E-state index contributed by atoms with van der Waals surface area (Å²) in [6.07, 6.45) is 2.02. The summed E-state index contributed by atoms with van der Waals surface area (Å²) in [5, 5.41) is 19.2. The molecule has 0 spiro atoms. The van der Waals surface area contributed by atoms with Crippen molar-refractivity contribution in [2.45, 2.75) is 18.6 Å². The van der Waals surface area contributed by atoms with Crippen molar-refractivity contribution in [3.05, 3.63) is 45.0 Å². The zero-order valence-corrected chi connectivity index (χ0v) is 14.7. The van der Waals surface area contributed by atoms with Gasteiger partial charge in [-0.05, 0) is 35.5 Å². The molecular weight excluding hydrogens is 344 g/mol. The minimum atomic E-state index is -1.34. The number of imidazole rings is 1. The lowest BCUT2D eigenvalue weighted by molar-refractivity contribution is -0.298. The number of aryl methyl sites for hydroxylation is 3. The molecule has 9 heteroatoms. The van der Waals surface area contributed by atoms with E-state index < -0.39 is 5.97 Å². The van der Waals surface area contributed by atoms with Crippen molar-refractivity contribution < 1.29 is 14.3 Å². The van der Waals surface area contributed by atoms with Crippen molar-refractivity contribution in [1.82, 2.24) is 19.3 Å². The minimum absolute atomic E-state index is 0.0633. The number of aliphatic carboxylic acids is 1. The highest BCUT2D eigenvalue weighted by molar-refractivity contribution is 8.03. The number of carboxylic acid groups (broad SMARTS) is 1. The average molecular weight is 359 g/mol. The van der Waals surface area contributed by atoms with Gasteiger partial charge in [-0.15, -0.1) is 10.2 Å². The molecule has 1 aromatic carbocycles. The van der Waals surface area contributed by atoms with Crippen LogP contribution in [0.15, 0.2) is 37.5 Å². The van der Waals surface area contributed by atoms with Gasteiger partial charge >= 0.3 is 5.69 Å². The van der Waals surface area contributed by atoms with Gasteiger partial charge in [-0.25, -0.2) is 4.79 Å². The quantitative estimate of drug-likeness (QED) is 0.488. The average Bonchev–Trinajstić information content (AvgIpc) is 3.14. The maximum Gasteiger partial charge on any atom is 0.328 e. The number of carbonyl (C=O) groups is 1. The number of carboxylic acids is 1. The Morgan fingerprint density at radius 3 is 2.64 bits per heavy atom. The molecule has 0 saturated carbocycles. The van der Waals surface area contributed by atoms with Gasteiger partial charge in [0.15, 0.2) is 0 Å². The zero-order chi connectivity index (χ0) is 18.1. The van der Waals surface area contributed by atoms with Crippen LogP contribution in [0.3, 0.4) is 0 Å². The van der Waals surface area contributed by atoms with E-state index in [9.17, 15) is 14.7 Å². The molecule has 2 aromatic heterocycles. The molecule has 0 amide bonds. The number of fused-ring (bicyclic) bond motifs is 1. The van der Waals surface area contributed by atoms with Gasteiger partial charge in [-0.1, -0.05) is 13.0 Å². The van der Waals surface area contributed by atoms with E-state index in [1.807, 2.05) is 6.92 Å². The molecule has 0 N–H and O–H groups in total. The first kappa shape index (κ1) is 17.0. The second-order valence-electron chi connectivity index (χ2n) is 5.36. The summed E-state index contributed by atoms with van der Waals surface area (Å²) in [5.41, 5.74) is 1.94. The molecule has 3 rings (SSSR count). The smallest absolute Gasteiger partial charge is 0.328 e. The fourth-order valence-electron chi connectivity index (χ4n) is 2.41. The first-order chi connectivity index (χ1) is 11.9. The molecule has 0 fully saturated rings. The standard InChI is InChI=1S/C16H16N4O4S/c1-4-13-17-18-15(24-13)25-12(14(21)22)8-9-5-6-10-11(7-9)20(3)16(23)19(10)2/h5-8H,4H2,1-3H3,(H,21,22)/p-1/b12-8-. The molecule has 0 aliphatic rings. The van der Waals surface area contributed by atoms with E-state index >= 15 is 0 Å². The van der Waals surface area contributed by atoms with Crippen molar-refractivity contribution in [3.63, 3.8) is 0 Å². The Bertz CT molecular complexity index is 1040. The fraction of sp³-hybridized carbons (Fsp3) is 0.250. The first-order valence-corrected chi connectivity index (χ1v) is 8.31. The summed E-state index contributed by atoms with van der Waals surface area (Å²) in [5.74, 6) is -0.913. The summed E-state index contributed by atoms with van der Waals surface area (Å²) >= 11 is 0.831. The Morgan fingerprint density at radius 2 is 2.00 bits per heavy atom. The van der Waals surface area contributed by atoms with Crippen molar-refractivity contribution in [1.29, 1.82) is 0 Å². The molecule has 8 nitrogen and oxygen atoms in total. The van der Waals surface area contributed by atoms with E-state index in [0.29, 0.717) is 23.4 Å². The number of hydrogen-bond donors (Lipinski definition) is 0. The third kappa shape index (κ3) is 3.22. The summed E-state index contributed by atoms with van der Waals surface area (Å²) < 4.78 is 8.35. The van der Waals surface area contributed by atoms with Gasteiger partial charge in [0.1, 0.15) is 0 Å². The van der Waals surface area contributed by atoms with Crippen LogP contribution in [0.2, 0.25) is 0 Å². The van der Waals surface area contributed by atoms with Crippen LogP contribution >= 0.6 is 11.8 Å². The van der Waals surface area contributed by atoms with Crippen molar-refractivity contribution in [2.24, 2.45) is 14.1 Å². The predicted octanol–water partition coefficient (Wildman–Crippen LogP) is 0.706. The molecular formula is C16H15N4O4S-. The minimum Gasteiger partial charge on any atom is -0.544 e. The number of nitrogens with zero attached hydrogens (tertiary/aromatic N) is 4. The predicted molar refractivity (Wildman–Crippen MR) is 90.7 cm³/mol. The summed E-state index contributed by atoms with van der Waals surface area (Å²) in [4.78, 5) is 23.3. The van der Waals surface area contributed by atoms with E-state index in [0.717, 1.165) is 17.3 Å². The second kappa shape index (κ2) is 6.60. The number of carbonyl (C=O) groups excluding carboxylic acids is 1. The normalized spacial score (nSPS) is 12.0. The molecule has 25 heavy (non-hydrogen) atoms. The van der Waals surface area contributed by atoms with E-state index in [1.54, 1.807) is 32.3 Å². The van der Waals surface area contributed by atoms with Crippen LogP contribution in [-0.4, -0.2) is 25.3 Å². The van der Waals surface area contributed by atoms with Gasteiger partial charge in [0, 0.05) is 25.4 Å². The Labute approximate surface area is 146 Å². The largest absolute Gasteiger partial charge is 0.544 e. The van der Waals surface area contributed by atoms with Gasteiger partial charge in [0.05, 0.1) is 17.0 Å². The van der Waals surface area contributed by atoms with Crippen LogP contribution in [0.4, 0.5) is 0 Å². The highest BCUT2D eigenvalue weighted by atomic mass is 32.2. The van der Waals surface area contributed by atoms with Crippen molar-refractivity contribution in [2.75, 3.05) is 0 Å². The van der Waals surface area contributed by atoms with Crippen molar-refractivity contribution in [3.8, 4) is 0 Å². The number of aromatic nitrogens is 4. The van der Waals surface area contributed by atoms with E-state index in [4.69, 9.17) is 4.42 Å². The van der Waals surface area contributed by atoms with Gasteiger partial charge in [-0.3, -0.25) is 9.13 Å². The van der Waals surface area contributed by atoms with Crippen LogP contribution < -0.4 is 10.8 Å². The van der Waals surface area contributed by atoms with Gasteiger partial charge in [0.25, 0.3) is 5.22 Å². The SMILES string of the molecule is CCc1nnc(S/C(=C\c2ccc3c(c2)n(C)c(=O)n3C)C(=O)[O-])o1. The fourth-order valence-corrected chi connectivity index (χ4v) is 3.10. The third-order valence-corrected chi connectivity index (χ3v) is 4.59. The number of thioether (sulfide) groups is 1. The lowest BCUT2D eigenvalue weighted by Crippen LogP contribution is -2.23. The van der Waals surface area contributed by atoms with Crippen LogP contribution in [0.25, 0.3) is 17.1 Å². The lowest BCUT2D eigenvalue weighted by atomic mass is 10.2. The number of benzene rings is 1. The van der Waals surface area contributed by atoms with Crippen LogP contribution in [0.5, 0.6) is 0 Å².